The van der Waals surface area contributed by atoms with Crippen molar-refractivity contribution in [3.05, 3.63) is 29.3 Å². The molecule has 4 nitrogen and oxygen atoms in total. The highest BCUT2D eigenvalue weighted by Crippen LogP contribution is 2.15. The summed E-state index contributed by atoms with van der Waals surface area (Å²) in [5.74, 6) is 0.154. The Bertz CT molecular complexity index is 516. The highest BCUT2D eigenvalue weighted by molar-refractivity contribution is 7.91. The Labute approximate surface area is 119 Å². The maximum Gasteiger partial charge on any atom is 0.179 e. The molecule has 0 radical (unpaired) electrons. The van der Waals surface area contributed by atoms with E-state index in [1.807, 2.05) is 0 Å². The van der Waals surface area contributed by atoms with Crippen molar-refractivity contribution in [1.29, 1.82) is 0 Å². The van der Waals surface area contributed by atoms with Crippen molar-refractivity contribution in [3.8, 4) is 0 Å². The minimum Gasteiger partial charge on any atom is -0.312 e. The zero-order chi connectivity index (χ0) is 13.9. The summed E-state index contributed by atoms with van der Waals surface area (Å²) < 4.78 is 24.4. The largest absolute Gasteiger partial charge is 0.312 e. The highest BCUT2D eigenvalue weighted by atomic mass is 35.5. The van der Waals surface area contributed by atoms with Crippen LogP contribution in [0.5, 0.6) is 0 Å². The van der Waals surface area contributed by atoms with Gasteiger partial charge in [-0.05, 0) is 31.2 Å². The maximum atomic E-state index is 12.2. The minimum atomic E-state index is -3.21. The van der Waals surface area contributed by atoms with Gasteiger partial charge in [-0.1, -0.05) is 11.6 Å². The first-order chi connectivity index (χ1) is 8.97. The van der Waals surface area contributed by atoms with Crippen LogP contribution < -0.4 is 5.32 Å². The van der Waals surface area contributed by atoms with Crippen LogP contribution in [-0.2, 0) is 9.84 Å². The summed E-state index contributed by atoms with van der Waals surface area (Å²) in [6, 6.07) is 6.78. The number of hydrogen-bond acceptors (Lipinski definition) is 4. The minimum absolute atomic E-state index is 0.154. The molecule has 1 fully saturated rings. The summed E-state index contributed by atoms with van der Waals surface area (Å²) in [5.41, 5.74) is 0. The molecule has 0 aromatic heterocycles. The molecule has 0 spiro atoms. The molecule has 0 saturated carbocycles. The second-order valence-electron chi connectivity index (χ2n) is 4.93. The van der Waals surface area contributed by atoms with E-state index < -0.39 is 9.84 Å². The van der Waals surface area contributed by atoms with E-state index in [1.165, 1.54) is 0 Å². The topological polar surface area (TPSA) is 49.4 Å². The molecule has 6 heteroatoms. The van der Waals surface area contributed by atoms with Crippen molar-refractivity contribution in [1.82, 2.24) is 10.2 Å². The summed E-state index contributed by atoms with van der Waals surface area (Å²) in [6.45, 7) is 5.41. The molecular weight excluding hydrogens is 284 g/mol. The summed E-state index contributed by atoms with van der Waals surface area (Å²) in [5, 5.41) is 3.89. The van der Waals surface area contributed by atoms with Crippen molar-refractivity contribution in [2.24, 2.45) is 0 Å². The lowest BCUT2D eigenvalue weighted by Crippen LogP contribution is -2.50. The molecule has 19 heavy (non-hydrogen) atoms. The summed E-state index contributed by atoms with van der Waals surface area (Å²) in [4.78, 5) is 2.54. The van der Waals surface area contributed by atoms with Gasteiger partial charge in [-0.15, -0.1) is 0 Å². The fourth-order valence-corrected chi connectivity index (χ4v) is 3.64. The van der Waals surface area contributed by atoms with Crippen molar-refractivity contribution < 1.29 is 8.42 Å². The van der Waals surface area contributed by atoms with Crippen LogP contribution in [0.25, 0.3) is 0 Å². The predicted octanol–water partition coefficient (Wildman–Crippen LogP) is 1.41. The van der Waals surface area contributed by atoms with Gasteiger partial charge in [0.25, 0.3) is 0 Å². The number of benzene rings is 1. The van der Waals surface area contributed by atoms with Crippen LogP contribution in [0.4, 0.5) is 0 Å². The third kappa shape index (κ3) is 4.18. The average Bonchev–Trinajstić information content (AvgIpc) is 2.37. The lowest BCUT2D eigenvalue weighted by molar-refractivity contribution is 0.217. The summed E-state index contributed by atoms with van der Waals surface area (Å²) in [7, 11) is -3.21. The van der Waals surface area contributed by atoms with Crippen LogP contribution in [0.2, 0.25) is 5.02 Å². The van der Waals surface area contributed by atoms with Gasteiger partial charge in [-0.2, -0.15) is 0 Å². The lowest BCUT2D eigenvalue weighted by atomic mass is 10.2. The molecule has 0 bridgehead atoms. The third-order valence-electron chi connectivity index (χ3n) is 3.30. The normalized spacial score (nSPS) is 21.5. The Kier molecular flexibility index (Phi) is 4.84. The molecule has 1 aliphatic heterocycles. The Morgan fingerprint density at radius 1 is 1.37 bits per heavy atom. The second-order valence-corrected chi connectivity index (χ2v) is 7.47. The van der Waals surface area contributed by atoms with E-state index in [1.54, 1.807) is 24.3 Å². The van der Waals surface area contributed by atoms with Crippen LogP contribution in [0.3, 0.4) is 0 Å². The van der Waals surface area contributed by atoms with Gasteiger partial charge in [0.1, 0.15) is 0 Å². The van der Waals surface area contributed by atoms with Crippen LogP contribution in [0, 0.1) is 0 Å². The van der Waals surface area contributed by atoms with E-state index in [9.17, 15) is 8.42 Å². The Balaban J connectivity index is 1.96. The van der Waals surface area contributed by atoms with Crippen LogP contribution in [0.1, 0.15) is 6.92 Å². The van der Waals surface area contributed by atoms with Gasteiger partial charge in [0.15, 0.2) is 9.84 Å². The van der Waals surface area contributed by atoms with Gasteiger partial charge in [0, 0.05) is 37.2 Å². The average molecular weight is 303 g/mol. The number of rotatable bonds is 4. The molecule has 0 aliphatic carbocycles. The van der Waals surface area contributed by atoms with Crippen LogP contribution in [-0.4, -0.2) is 51.3 Å². The van der Waals surface area contributed by atoms with Crippen molar-refractivity contribution >= 4 is 21.4 Å². The monoisotopic (exact) mass is 302 g/mol. The van der Waals surface area contributed by atoms with Gasteiger partial charge < -0.3 is 5.32 Å². The lowest BCUT2D eigenvalue weighted by Gasteiger charge is -2.31. The Hall–Kier alpha value is -0.620. The molecule has 1 N–H and O–H groups in total. The molecule has 1 unspecified atom stereocenters. The molecule has 1 aromatic rings. The molecular formula is C13H19ClN2O2S. The quantitative estimate of drug-likeness (QED) is 0.913. The molecule has 1 heterocycles. The van der Waals surface area contributed by atoms with Gasteiger partial charge in [0.2, 0.25) is 0 Å². The number of nitrogens with zero attached hydrogens (tertiary/aromatic N) is 1. The van der Waals surface area contributed by atoms with E-state index >= 15 is 0 Å². The van der Waals surface area contributed by atoms with Crippen molar-refractivity contribution in [2.45, 2.75) is 17.9 Å². The van der Waals surface area contributed by atoms with Gasteiger partial charge in [-0.25, -0.2) is 8.42 Å². The zero-order valence-corrected chi connectivity index (χ0v) is 12.5. The molecule has 2 rings (SSSR count). The Morgan fingerprint density at radius 3 is 2.68 bits per heavy atom. The number of sulfone groups is 1. The zero-order valence-electron chi connectivity index (χ0n) is 11.0. The number of piperazine rings is 1. The first-order valence-electron chi connectivity index (χ1n) is 6.41. The summed E-state index contributed by atoms with van der Waals surface area (Å²) >= 11 is 5.77. The summed E-state index contributed by atoms with van der Waals surface area (Å²) in [6.07, 6.45) is 0. The molecule has 1 atom stereocenters. The maximum absolute atomic E-state index is 12.2. The highest BCUT2D eigenvalue weighted by Gasteiger charge is 2.19. The first kappa shape index (κ1) is 14.8. The van der Waals surface area contributed by atoms with Crippen molar-refractivity contribution in [3.63, 3.8) is 0 Å². The first-order valence-corrected chi connectivity index (χ1v) is 8.44. The van der Waals surface area contributed by atoms with E-state index in [2.05, 4.69) is 17.1 Å². The third-order valence-corrected chi connectivity index (χ3v) is 5.26. The SMILES string of the molecule is CC1CN(CCS(=O)(=O)c2ccc(Cl)cc2)CCN1. The number of hydrogen-bond donors (Lipinski definition) is 1. The van der Waals surface area contributed by atoms with Crippen LogP contribution >= 0.6 is 11.6 Å². The Morgan fingerprint density at radius 2 is 2.05 bits per heavy atom. The van der Waals surface area contributed by atoms with Crippen LogP contribution in [0.15, 0.2) is 29.2 Å². The molecule has 106 valence electrons. The van der Waals surface area contributed by atoms with E-state index in [-0.39, 0.29) is 5.75 Å². The van der Waals surface area contributed by atoms with E-state index in [0.29, 0.717) is 22.5 Å². The molecule has 0 amide bonds. The fraction of sp³-hybridized carbons (Fsp3) is 0.538. The van der Waals surface area contributed by atoms with E-state index in [4.69, 9.17) is 11.6 Å². The van der Waals surface area contributed by atoms with Gasteiger partial charge in [-0.3, -0.25) is 4.90 Å². The molecule has 1 aromatic carbocycles. The van der Waals surface area contributed by atoms with Gasteiger partial charge in [0.05, 0.1) is 10.6 Å². The smallest absolute Gasteiger partial charge is 0.179 e. The molecule has 1 saturated heterocycles. The molecule has 1 aliphatic rings. The number of halogens is 1. The van der Waals surface area contributed by atoms with E-state index in [0.717, 1.165) is 19.6 Å². The second kappa shape index (κ2) is 6.22. The van der Waals surface area contributed by atoms with Gasteiger partial charge >= 0.3 is 0 Å². The standard InChI is InChI=1S/C13H19ClN2O2S/c1-11-10-16(7-6-15-11)8-9-19(17,18)13-4-2-12(14)3-5-13/h2-5,11,15H,6-10H2,1H3. The van der Waals surface area contributed by atoms with Crippen molar-refractivity contribution in [2.75, 3.05) is 31.9 Å². The number of nitrogens with one attached hydrogen (secondary N) is 1. The fourth-order valence-electron chi connectivity index (χ4n) is 2.22. The predicted molar refractivity (Wildman–Crippen MR) is 77.4 cm³/mol.